The average molecular weight is 227 g/mol. The Bertz CT molecular complexity index is 306. The maximum atomic E-state index is 11.2. The van der Waals surface area contributed by atoms with Gasteiger partial charge in [-0.1, -0.05) is 13.8 Å². The molecule has 0 aromatic rings. The van der Waals surface area contributed by atoms with Crippen LogP contribution in [0.3, 0.4) is 0 Å². The Morgan fingerprint density at radius 2 is 1.94 bits per heavy atom. The van der Waals surface area contributed by atoms with Crippen LogP contribution in [0.15, 0.2) is 0 Å². The molecule has 0 saturated heterocycles. The molecule has 0 aliphatic heterocycles. The number of nitriles is 1. The third-order valence-corrected chi connectivity index (χ3v) is 2.46. The monoisotopic (exact) mass is 227 g/mol. The van der Waals surface area contributed by atoms with Crippen molar-refractivity contribution in [2.45, 2.75) is 39.5 Å². The van der Waals surface area contributed by atoms with Crippen LogP contribution in [0, 0.1) is 22.7 Å². The van der Waals surface area contributed by atoms with E-state index >= 15 is 0 Å². The van der Waals surface area contributed by atoms with Gasteiger partial charge in [-0.15, -0.1) is 0 Å². The first kappa shape index (κ1) is 14.4. The second-order valence-electron chi connectivity index (χ2n) is 4.41. The number of nitrogens with zero attached hydrogens (tertiary/aromatic N) is 1. The molecule has 0 rings (SSSR count). The van der Waals surface area contributed by atoms with Gasteiger partial charge in [0.2, 0.25) is 0 Å². The Balaban J connectivity index is 4.97. The first-order chi connectivity index (χ1) is 7.34. The third kappa shape index (κ3) is 4.30. The lowest BCUT2D eigenvalue weighted by Crippen LogP contribution is -2.35. The normalized spacial score (nSPS) is 14.1. The summed E-state index contributed by atoms with van der Waals surface area (Å²) in [5.41, 5.74) is -1.31. The van der Waals surface area contributed by atoms with Gasteiger partial charge in [-0.3, -0.25) is 9.59 Å². The van der Waals surface area contributed by atoms with E-state index in [0.717, 1.165) is 0 Å². The summed E-state index contributed by atoms with van der Waals surface area (Å²) in [5.74, 6) is -2.19. The van der Waals surface area contributed by atoms with E-state index in [2.05, 4.69) is 0 Å². The van der Waals surface area contributed by atoms with Crippen LogP contribution >= 0.6 is 0 Å². The first-order valence-corrected chi connectivity index (χ1v) is 5.16. The minimum absolute atomic E-state index is 0.0618. The molecule has 5 heteroatoms. The van der Waals surface area contributed by atoms with E-state index in [-0.39, 0.29) is 25.2 Å². The van der Waals surface area contributed by atoms with Crippen molar-refractivity contribution in [3.05, 3.63) is 0 Å². The van der Waals surface area contributed by atoms with Gasteiger partial charge in [0.1, 0.15) is 0 Å². The summed E-state index contributed by atoms with van der Waals surface area (Å²) in [6, 6.07) is 1.87. The smallest absolute Gasteiger partial charge is 0.310 e. The molecule has 5 nitrogen and oxygen atoms in total. The van der Waals surface area contributed by atoms with E-state index in [9.17, 15) is 14.7 Å². The predicted octanol–water partition coefficient (Wildman–Crippen LogP) is 1.88. The molecule has 0 aromatic heterocycles. The van der Waals surface area contributed by atoms with Crippen LogP contribution in [0.5, 0.6) is 0 Å². The Morgan fingerprint density at radius 3 is 2.25 bits per heavy atom. The molecule has 0 heterocycles. The molecule has 0 aromatic carbocycles. The molecule has 0 fully saturated rings. The molecule has 0 aliphatic carbocycles. The van der Waals surface area contributed by atoms with Gasteiger partial charge in [0, 0.05) is 6.42 Å². The number of carboxylic acids is 2. The van der Waals surface area contributed by atoms with Crippen LogP contribution in [-0.2, 0) is 9.59 Å². The lowest BCUT2D eigenvalue weighted by molar-refractivity contribution is -0.157. The van der Waals surface area contributed by atoms with E-state index < -0.39 is 23.8 Å². The van der Waals surface area contributed by atoms with Crippen molar-refractivity contribution in [3.8, 4) is 6.07 Å². The Kier molecular flexibility index (Phi) is 5.51. The number of hydrogen-bond donors (Lipinski definition) is 2. The second-order valence-corrected chi connectivity index (χ2v) is 4.41. The van der Waals surface area contributed by atoms with E-state index in [4.69, 9.17) is 10.4 Å². The molecule has 0 saturated carbocycles. The minimum Gasteiger partial charge on any atom is -0.481 e. The van der Waals surface area contributed by atoms with Crippen molar-refractivity contribution in [2.75, 3.05) is 0 Å². The zero-order chi connectivity index (χ0) is 12.8. The van der Waals surface area contributed by atoms with Crippen LogP contribution in [0.2, 0.25) is 0 Å². The van der Waals surface area contributed by atoms with Gasteiger partial charge in [0.05, 0.1) is 17.9 Å². The fourth-order valence-corrected chi connectivity index (χ4v) is 1.90. The first-order valence-electron chi connectivity index (χ1n) is 5.16. The molecule has 0 amide bonds. The fourth-order valence-electron chi connectivity index (χ4n) is 1.90. The Labute approximate surface area is 94.7 Å². The zero-order valence-corrected chi connectivity index (χ0v) is 9.56. The van der Waals surface area contributed by atoms with Gasteiger partial charge in [-0.05, 0) is 18.8 Å². The summed E-state index contributed by atoms with van der Waals surface area (Å²) >= 11 is 0. The topological polar surface area (TPSA) is 98.4 Å². The number of rotatable bonds is 7. The molecule has 1 atom stereocenters. The molecule has 0 aliphatic rings. The molecular weight excluding hydrogens is 210 g/mol. The summed E-state index contributed by atoms with van der Waals surface area (Å²) in [6.07, 6.45) is -0.00583. The average Bonchev–Trinajstić information content (AvgIpc) is 2.11. The van der Waals surface area contributed by atoms with Crippen molar-refractivity contribution in [1.29, 1.82) is 5.26 Å². The maximum Gasteiger partial charge on any atom is 0.310 e. The highest BCUT2D eigenvalue weighted by atomic mass is 16.4. The Hall–Kier alpha value is -1.57. The maximum absolute atomic E-state index is 11.2. The summed E-state index contributed by atoms with van der Waals surface area (Å²) < 4.78 is 0. The molecule has 1 unspecified atom stereocenters. The highest BCUT2D eigenvalue weighted by Crippen LogP contribution is 2.35. The summed E-state index contributed by atoms with van der Waals surface area (Å²) in [5, 5.41) is 26.4. The van der Waals surface area contributed by atoms with Crippen molar-refractivity contribution in [3.63, 3.8) is 0 Å². The molecule has 90 valence electrons. The van der Waals surface area contributed by atoms with E-state index in [1.54, 1.807) is 0 Å². The Morgan fingerprint density at radius 1 is 1.38 bits per heavy atom. The van der Waals surface area contributed by atoms with Gasteiger partial charge >= 0.3 is 11.9 Å². The molecule has 2 N–H and O–H groups in total. The van der Waals surface area contributed by atoms with Gasteiger partial charge in [-0.2, -0.15) is 5.26 Å². The van der Waals surface area contributed by atoms with E-state index in [1.807, 2.05) is 19.9 Å². The highest BCUT2D eigenvalue weighted by molar-refractivity contribution is 5.81. The summed E-state index contributed by atoms with van der Waals surface area (Å²) in [4.78, 5) is 21.9. The minimum atomic E-state index is -1.31. The predicted molar refractivity (Wildman–Crippen MR) is 56.6 cm³/mol. The SMILES string of the molecule is CC(C)CC(CCC#N)(CC(=O)O)C(=O)O. The van der Waals surface area contributed by atoms with E-state index in [1.165, 1.54) is 0 Å². The second kappa shape index (κ2) is 6.11. The van der Waals surface area contributed by atoms with Gasteiger partial charge in [0.25, 0.3) is 0 Å². The van der Waals surface area contributed by atoms with Crippen molar-refractivity contribution in [1.82, 2.24) is 0 Å². The lowest BCUT2D eigenvalue weighted by atomic mass is 9.74. The molecule has 0 spiro atoms. The van der Waals surface area contributed by atoms with E-state index in [0.29, 0.717) is 0 Å². The quantitative estimate of drug-likeness (QED) is 0.691. The lowest BCUT2D eigenvalue weighted by Gasteiger charge is -2.28. The number of carbonyl (C=O) groups is 2. The van der Waals surface area contributed by atoms with Crippen molar-refractivity contribution < 1.29 is 19.8 Å². The highest BCUT2D eigenvalue weighted by Gasteiger charge is 2.40. The summed E-state index contributed by atoms with van der Waals surface area (Å²) in [6.45, 7) is 3.68. The van der Waals surface area contributed by atoms with Gasteiger partial charge in [-0.25, -0.2) is 0 Å². The number of carboxylic acid groups (broad SMARTS) is 2. The zero-order valence-electron chi connectivity index (χ0n) is 9.56. The van der Waals surface area contributed by atoms with Crippen molar-refractivity contribution >= 4 is 11.9 Å². The van der Waals surface area contributed by atoms with Gasteiger partial charge < -0.3 is 10.2 Å². The van der Waals surface area contributed by atoms with Crippen LogP contribution in [0.4, 0.5) is 0 Å². The largest absolute Gasteiger partial charge is 0.481 e. The van der Waals surface area contributed by atoms with Crippen LogP contribution in [0.25, 0.3) is 0 Å². The number of hydrogen-bond acceptors (Lipinski definition) is 3. The van der Waals surface area contributed by atoms with Crippen LogP contribution < -0.4 is 0 Å². The molecular formula is C11H17NO4. The molecule has 16 heavy (non-hydrogen) atoms. The van der Waals surface area contributed by atoms with Crippen molar-refractivity contribution in [2.24, 2.45) is 11.3 Å². The molecule has 0 radical (unpaired) electrons. The van der Waals surface area contributed by atoms with Gasteiger partial charge in [0.15, 0.2) is 0 Å². The fraction of sp³-hybridized carbons (Fsp3) is 0.727. The van der Waals surface area contributed by atoms with Crippen LogP contribution in [-0.4, -0.2) is 22.2 Å². The third-order valence-electron chi connectivity index (χ3n) is 2.46. The number of aliphatic carboxylic acids is 2. The standard InChI is InChI=1S/C11H17NO4/c1-8(2)6-11(10(15)16,4-3-5-12)7-9(13)14/h8H,3-4,6-7H2,1-2H3,(H,13,14)(H,15,16). The summed E-state index contributed by atoms with van der Waals surface area (Å²) in [7, 11) is 0. The molecule has 0 bridgehead atoms. The van der Waals surface area contributed by atoms with Crippen LogP contribution in [0.1, 0.15) is 39.5 Å².